The number of thiophene rings is 1. The van der Waals surface area contributed by atoms with Crippen LogP contribution in [0.25, 0.3) is 0 Å². The third-order valence-corrected chi connectivity index (χ3v) is 3.42. The van der Waals surface area contributed by atoms with Gasteiger partial charge in [-0.25, -0.2) is 0 Å². The van der Waals surface area contributed by atoms with Crippen molar-refractivity contribution in [3.63, 3.8) is 0 Å². The number of ketones is 1. The molecule has 0 aliphatic heterocycles. The Bertz CT molecular complexity index is 369. The van der Waals surface area contributed by atoms with Gasteiger partial charge in [-0.05, 0) is 22.0 Å². The largest absolute Gasteiger partial charge is 0.359 e. The van der Waals surface area contributed by atoms with Crippen LogP contribution >= 0.6 is 27.3 Å². The minimum Gasteiger partial charge on any atom is -0.359 e. The van der Waals surface area contributed by atoms with E-state index >= 15 is 0 Å². The summed E-state index contributed by atoms with van der Waals surface area (Å²) in [6.07, 6.45) is -0.0170. The first kappa shape index (κ1) is 11.2. The van der Waals surface area contributed by atoms with Crippen molar-refractivity contribution in [3.8, 4) is 6.07 Å². The molecule has 0 N–H and O–H groups in total. The quantitative estimate of drug-likeness (QED) is 0.846. The summed E-state index contributed by atoms with van der Waals surface area (Å²) in [5, 5.41) is 11.3. The van der Waals surface area contributed by atoms with Crippen LogP contribution in [-0.4, -0.2) is 19.4 Å². The van der Waals surface area contributed by atoms with Gasteiger partial charge in [0, 0.05) is 16.9 Å². The first-order valence-corrected chi connectivity index (χ1v) is 5.64. The molecule has 0 unspecified atom stereocenters. The van der Waals surface area contributed by atoms with Crippen molar-refractivity contribution < 1.29 is 4.79 Å². The first-order chi connectivity index (χ1) is 6.63. The zero-order valence-corrected chi connectivity index (χ0v) is 10.1. The predicted molar refractivity (Wildman–Crippen MR) is 60.5 cm³/mol. The third kappa shape index (κ3) is 3.13. The number of hydrogen-bond acceptors (Lipinski definition) is 4. The SMILES string of the molecule is CN(CC(=O)CC#N)c1cc(Br)cs1. The molecule has 3 nitrogen and oxygen atoms in total. The van der Waals surface area contributed by atoms with Crippen LogP contribution in [0.3, 0.4) is 0 Å². The summed E-state index contributed by atoms with van der Waals surface area (Å²) in [6.45, 7) is 0.292. The Labute approximate surface area is 95.1 Å². The predicted octanol–water partition coefficient (Wildman–Crippen LogP) is 2.43. The van der Waals surface area contributed by atoms with E-state index in [0.717, 1.165) is 9.47 Å². The van der Waals surface area contributed by atoms with Gasteiger partial charge in [0.25, 0.3) is 0 Å². The van der Waals surface area contributed by atoms with E-state index in [4.69, 9.17) is 5.26 Å². The van der Waals surface area contributed by atoms with Gasteiger partial charge < -0.3 is 4.90 Å². The highest BCUT2D eigenvalue weighted by molar-refractivity contribution is 9.10. The smallest absolute Gasteiger partial charge is 0.166 e. The van der Waals surface area contributed by atoms with Gasteiger partial charge in [-0.3, -0.25) is 4.79 Å². The summed E-state index contributed by atoms with van der Waals surface area (Å²) in [4.78, 5) is 13.0. The maximum absolute atomic E-state index is 11.2. The number of hydrogen-bond donors (Lipinski definition) is 0. The van der Waals surface area contributed by atoms with Crippen molar-refractivity contribution in [2.24, 2.45) is 0 Å². The van der Waals surface area contributed by atoms with Gasteiger partial charge in [0.05, 0.1) is 24.0 Å². The fraction of sp³-hybridized carbons (Fsp3) is 0.333. The van der Waals surface area contributed by atoms with Gasteiger partial charge in [-0.15, -0.1) is 11.3 Å². The molecule has 0 fully saturated rings. The lowest BCUT2D eigenvalue weighted by Crippen LogP contribution is -2.24. The first-order valence-electron chi connectivity index (χ1n) is 3.97. The van der Waals surface area contributed by atoms with Crippen LogP contribution in [0.1, 0.15) is 6.42 Å². The summed E-state index contributed by atoms with van der Waals surface area (Å²) < 4.78 is 1.01. The molecule has 14 heavy (non-hydrogen) atoms. The van der Waals surface area contributed by atoms with Crippen molar-refractivity contribution in [1.29, 1.82) is 5.26 Å². The van der Waals surface area contributed by atoms with Crippen LogP contribution < -0.4 is 4.90 Å². The third-order valence-electron chi connectivity index (χ3n) is 1.62. The Kier molecular flexibility index (Phi) is 4.11. The number of halogens is 1. The number of rotatable bonds is 4. The number of anilines is 1. The van der Waals surface area contributed by atoms with E-state index in [0.29, 0.717) is 6.54 Å². The number of nitrogens with zero attached hydrogens (tertiary/aromatic N) is 2. The van der Waals surface area contributed by atoms with E-state index in [1.54, 1.807) is 11.3 Å². The molecule has 1 aromatic heterocycles. The number of likely N-dealkylation sites (N-methyl/N-ethyl adjacent to an activating group) is 1. The topological polar surface area (TPSA) is 44.1 Å². The second-order valence-electron chi connectivity index (χ2n) is 2.83. The summed E-state index contributed by atoms with van der Waals surface area (Å²) in [7, 11) is 1.84. The molecule has 0 radical (unpaired) electrons. The lowest BCUT2D eigenvalue weighted by atomic mass is 10.3. The molecule has 0 spiro atoms. The molecule has 0 aliphatic rings. The highest BCUT2D eigenvalue weighted by Gasteiger charge is 2.08. The van der Waals surface area contributed by atoms with E-state index in [1.807, 2.05) is 29.5 Å². The number of carbonyl (C=O) groups is 1. The number of nitriles is 1. The molecule has 0 saturated heterocycles. The van der Waals surface area contributed by atoms with Crippen LogP contribution in [0.5, 0.6) is 0 Å². The van der Waals surface area contributed by atoms with Crippen molar-refractivity contribution in [2.75, 3.05) is 18.5 Å². The molecule has 1 heterocycles. The van der Waals surface area contributed by atoms with Crippen molar-refractivity contribution >= 4 is 38.1 Å². The Morgan fingerprint density at radius 3 is 3.00 bits per heavy atom. The van der Waals surface area contributed by atoms with E-state index < -0.39 is 0 Å². The van der Waals surface area contributed by atoms with Crippen LogP contribution in [0.2, 0.25) is 0 Å². The molecule has 0 atom stereocenters. The molecule has 0 bridgehead atoms. The molecule has 0 amide bonds. The van der Waals surface area contributed by atoms with Crippen molar-refractivity contribution in [3.05, 3.63) is 15.9 Å². The zero-order chi connectivity index (χ0) is 10.6. The Balaban J connectivity index is 2.55. The van der Waals surface area contributed by atoms with E-state index in [-0.39, 0.29) is 12.2 Å². The van der Waals surface area contributed by atoms with Gasteiger partial charge in [0.2, 0.25) is 0 Å². The van der Waals surface area contributed by atoms with Gasteiger partial charge in [-0.1, -0.05) is 0 Å². The molecule has 0 saturated carbocycles. The highest BCUT2D eigenvalue weighted by Crippen LogP contribution is 2.27. The summed E-state index contributed by atoms with van der Waals surface area (Å²) in [5.41, 5.74) is 0. The molecule has 74 valence electrons. The molecule has 1 aromatic rings. The lowest BCUT2D eigenvalue weighted by Gasteiger charge is -2.14. The average Bonchev–Trinajstić information content (AvgIpc) is 2.52. The molecule has 0 aromatic carbocycles. The Hall–Kier alpha value is -0.860. The van der Waals surface area contributed by atoms with Crippen molar-refractivity contribution in [2.45, 2.75) is 6.42 Å². The van der Waals surface area contributed by atoms with E-state index in [1.165, 1.54) is 0 Å². The second-order valence-corrected chi connectivity index (χ2v) is 4.64. The van der Waals surface area contributed by atoms with Crippen LogP contribution in [0.15, 0.2) is 15.9 Å². The summed E-state index contributed by atoms with van der Waals surface area (Å²) in [5.74, 6) is -0.0560. The van der Waals surface area contributed by atoms with Crippen LogP contribution in [0, 0.1) is 11.3 Å². The zero-order valence-electron chi connectivity index (χ0n) is 7.66. The van der Waals surface area contributed by atoms with Gasteiger partial charge in [0.1, 0.15) is 0 Å². The van der Waals surface area contributed by atoms with E-state index in [2.05, 4.69) is 15.9 Å². The molecule has 1 rings (SSSR count). The lowest BCUT2D eigenvalue weighted by molar-refractivity contribution is -0.116. The maximum Gasteiger partial charge on any atom is 0.166 e. The molecule has 0 aliphatic carbocycles. The number of Topliss-reactive ketones (excluding diaryl/α,β-unsaturated/α-hetero) is 1. The van der Waals surface area contributed by atoms with Gasteiger partial charge in [0.15, 0.2) is 5.78 Å². The second kappa shape index (κ2) is 5.13. The van der Waals surface area contributed by atoms with Gasteiger partial charge in [-0.2, -0.15) is 5.26 Å². The minimum atomic E-state index is -0.0560. The molecular weight excluding hydrogens is 264 g/mol. The fourth-order valence-electron chi connectivity index (χ4n) is 0.989. The molecular formula is C9H9BrN2OS. The van der Waals surface area contributed by atoms with Crippen molar-refractivity contribution in [1.82, 2.24) is 0 Å². The van der Waals surface area contributed by atoms with Crippen LogP contribution in [-0.2, 0) is 4.79 Å². The van der Waals surface area contributed by atoms with E-state index in [9.17, 15) is 4.79 Å². The normalized spacial score (nSPS) is 9.50. The van der Waals surface area contributed by atoms with Crippen LogP contribution in [0.4, 0.5) is 5.00 Å². The highest BCUT2D eigenvalue weighted by atomic mass is 79.9. The minimum absolute atomic E-state index is 0.0170. The van der Waals surface area contributed by atoms with Gasteiger partial charge >= 0.3 is 0 Å². The Morgan fingerprint density at radius 2 is 2.50 bits per heavy atom. The standard InChI is InChI=1S/C9H9BrN2OS/c1-12(5-8(13)2-3-11)9-4-7(10)6-14-9/h4,6H,2,5H2,1H3. The summed E-state index contributed by atoms with van der Waals surface area (Å²) >= 11 is 4.91. The maximum atomic E-state index is 11.2. The molecule has 5 heteroatoms. The Morgan fingerprint density at radius 1 is 1.79 bits per heavy atom. The fourth-order valence-corrected chi connectivity index (χ4v) is 2.38. The summed E-state index contributed by atoms with van der Waals surface area (Å²) in [6, 6.07) is 3.80. The monoisotopic (exact) mass is 272 g/mol. The number of carbonyl (C=O) groups excluding carboxylic acids is 1. The average molecular weight is 273 g/mol.